The average Bonchev–Trinajstić information content (AvgIpc) is 2.46. The van der Waals surface area contributed by atoms with E-state index in [1.54, 1.807) is 0 Å². The minimum Gasteiger partial charge on any atom is -0.390 e. The molecule has 4 nitrogen and oxygen atoms in total. The Hall–Kier alpha value is -1.65. The molecule has 1 N–H and O–H groups in total. The standard InChI is InChI=1S/C17H25N3O/c1-5-20(13(2)11-19(3)4)17-16-9-7-6-8-14(16)10-15(12-21)18-17/h6-10,13,21H,5,11-12H2,1-4H3. The van der Waals surface area contributed by atoms with Crippen molar-refractivity contribution in [1.82, 2.24) is 9.88 Å². The molecule has 1 heterocycles. The van der Waals surface area contributed by atoms with Crippen LogP contribution in [0.15, 0.2) is 30.3 Å². The van der Waals surface area contributed by atoms with E-state index < -0.39 is 0 Å². The monoisotopic (exact) mass is 287 g/mol. The summed E-state index contributed by atoms with van der Waals surface area (Å²) in [5, 5.41) is 11.7. The van der Waals surface area contributed by atoms with Crippen molar-refractivity contribution in [3.8, 4) is 0 Å². The number of nitrogens with zero attached hydrogens (tertiary/aromatic N) is 3. The first-order chi connectivity index (χ1) is 10.1. The maximum atomic E-state index is 9.47. The first-order valence-corrected chi connectivity index (χ1v) is 7.47. The van der Waals surface area contributed by atoms with Gasteiger partial charge < -0.3 is 14.9 Å². The van der Waals surface area contributed by atoms with Gasteiger partial charge in [0.1, 0.15) is 5.82 Å². The Morgan fingerprint density at radius 2 is 1.95 bits per heavy atom. The van der Waals surface area contributed by atoms with E-state index in [0.717, 1.165) is 35.4 Å². The van der Waals surface area contributed by atoms with Gasteiger partial charge in [0.2, 0.25) is 0 Å². The number of benzene rings is 1. The zero-order valence-corrected chi connectivity index (χ0v) is 13.4. The second-order valence-electron chi connectivity index (χ2n) is 5.71. The van der Waals surface area contributed by atoms with Crippen LogP contribution in [0.4, 0.5) is 5.82 Å². The number of aliphatic hydroxyl groups is 1. The van der Waals surface area contributed by atoms with E-state index >= 15 is 0 Å². The third-order valence-corrected chi connectivity index (χ3v) is 3.71. The molecule has 0 bridgehead atoms. The second kappa shape index (κ2) is 6.87. The maximum absolute atomic E-state index is 9.47. The highest BCUT2D eigenvalue weighted by atomic mass is 16.3. The normalized spacial score (nSPS) is 12.9. The third-order valence-electron chi connectivity index (χ3n) is 3.71. The third kappa shape index (κ3) is 3.52. The molecule has 2 rings (SSSR count). The Labute approximate surface area is 127 Å². The fraction of sp³-hybridized carbons (Fsp3) is 0.471. The van der Waals surface area contributed by atoms with Gasteiger partial charge in [-0.2, -0.15) is 0 Å². The molecule has 0 fully saturated rings. The van der Waals surface area contributed by atoms with E-state index in [9.17, 15) is 5.11 Å². The lowest BCUT2D eigenvalue weighted by Crippen LogP contribution is -2.40. The summed E-state index contributed by atoms with van der Waals surface area (Å²) >= 11 is 0. The summed E-state index contributed by atoms with van der Waals surface area (Å²) in [5.41, 5.74) is 0.721. The summed E-state index contributed by atoms with van der Waals surface area (Å²) in [7, 11) is 4.17. The molecule has 0 radical (unpaired) electrons. The van der Waals surface area contributed by atoms with Crippen molar-refractivity contribution < 1.29 is 5.11 Å². The first kappa shape index (κ1) is 15.7. The number of hydrogen-bond acceptors (Lipinski definition) is 4. The van der Waals surface area contributed by atoms with Gasteiger partial charge in [0.15, 0.2) is 0 Å². The number of aromatic nitrogens is 1. The molecule has 4 heteroatoms. The molecule has 0 aliphatic rings. The van der Waals surface area contributed by atoms with E-state index in [2.05, 4.69) is 54.9 Å². The zero-order chi connectivity index (χ0) is 15.4. The van der Waals surface area contributed by atoms with Crippen molar-refractivity contribution >= 4 is 16.6 Å². The summed E-state index contributed by atoms with van der Waals surface area (Å²) in [6, 6.07) is 10.6. The summed E-state index contributed by atoms with van der Waals surface area (Å²) in [6.45, 7) is 6.19. The van der Waals surface area contributed by atoms with Gasteiger partial charge in [-0.15, -0.1) is 0 Å². The van der Waals surface area contributed by atoms with Gasteiger partial charge in [-0.05, 0) is 39.4 Å². The SMILES string of the molecule is CCN(c1nc(CO)cc2ccccc12)C(C)CN(C)C. The molecule has 0 saturated carbocycles. The predicted molar refractivity (Wildman–Crippen MR) is 88.7 cm³/mol. The largest absolute Gasteiger partial charge is 0.390 e. The van der Waals surface area contributed by atoms with E-state index in [4.69, 9.17) is 0 Å². The number of pyridine rings is 1. The van der Waals surface area contributed by atoms with Crippen LogP contribution in [-0.4, -0.2) is 48.2 Å². The van der Waals surface area contributed by atoms with Crippen LogP contribution < -0.4 is 4.90 Å². The highest BCUT2D eigenvalue weighted by Gasteiger charge is 2.18. The van der Waals surface area contributed by atoms with Gasteiger partial charge in [0.05, 0.1) is 12.3 Å². The van der Waals surface area contributed by atoms with Crippen molar-refractivity contribution in [3.63, 3.8) is 0 Å². The Balaban J connectivity index is 2.51. The van der Waals surface area contributed by atoms with Gasteiger partial charge in [0.25, 0.3) is 0 Å². The maximum Gasteiger partial charge on any atom is 0.137 e. The highest BCUT2D eigenvalue weighted by Crippen LogP contribution is 2.27. The lowest BCUT2D eigenvalue weighted by Gasteiger charge is -2.32. The van der Waals surface area contributed by atoms with Gasteiger partial charge in [-0.3, -0.25) is 0 Å². The molecule has 1 atom stereocenters. The van der Waals surface area contributed by atoms with Crippen LogP contribution >= 0.6 is 0 Å². The summed E-state index contributed by atoms with van der Waals surface area (Å²) in [4.78, 5) is 9.17. The molecule has 2 aromatic rings. The minimum absolute atomic E-state index is 0.0303. The second-order valence-corrected chi connectivity index (χ2v) is 5.71. The highest BCUT2D eigenvalue weighted by molar-refractivity contribution is 5.92. The molecule has 21 heavy (non-hydrogen) atoms. The molecule has 114 valence electrons. The molecule has 0 saturated heterocycles. The Kier molecular flexibility index (Phi) is 5.15. The summed E-state index contributed by atoms with van der Waals surface area (Å²) in [5.74, 6) is 0.967. The minimum atomic E-state index is -0.0303. The summed E-state index contributed by atoms with van der Waals surface area (Å²) < 4.78 is 0. The number of hydrogen-bond donors (Lipinski definition) is 1. The fourth-order valence-corrected chi connectivity index (χ4v) is 2.83. The van der Waals surface area contributed by atoms with Crippen LogP contribution in [0.1, 0.15) is 19.5 Å². The molecule has 0 aliphatic carbocycles. The number of aliphatic hydroxyl groups excluding tert-OH is 1. The van der Waals surface area contributed by atoms with Crippen molar-refractivity contribution in [1.29, 1.82) is 0 Å². The number of likely N-dealkylation sites (N-methyl/N-ethyl adjacent to an activating group) is 2. The average molecular weight is 287 g/mol. The van der Waals surface area contributed by atoms with Crippen LogP contribution in [0.5, 0.6) is 0 Å². The first-order valence-electron chi connectivity index (χ1n) is 7.47. The van der Waals surface area contributed by atoms with E-state index in [-0.39, 0.29) is 6.61 Å². The molecular weight excluding hydrogens is 262 g/mol. The van der Waals surface area contributed by atoms with Crippen LogP contribution in [0, 0.1) is 0 Å². The predicted octanol–water partition coefficient (Wildman–Crippen LogP) is 2.50. The van der Waals surface area contributed by atoms with E-state index in [0.29, 0.717) is 6.04 Å². The number of rotatable bonds is 6. The quantitative estimate of drug-likeness (QED) is 0.886. The molecule has 1 aromatic carbocycles. The molecule has 0 amide bonds. The van der Waals surface area contributed by atoms with Crippen LogP contribution in [-0.2, 0) is 6.61 Å². The lowest BCUT2D eigenvalue weighted by atomic mass is 10.1. The Morgan fingerprint density at radius 3 is 2.57 bits per heavy atom. The Morgan fingerprint density at radius 1 is 1.24 bits per heavy atom. The van der Waals surface area contributed by atoms with Gasteiger partial charge in [-0.25, -0.2) is 4.98 Å². The summed E-state index contributed by atoms with van der Waals surface area (Å²) in [6.07, 6.45) is 0. The molecule has 0 aliphatic heterocycles. The van der Waals surface area contributed by atoms with Crippen molar-refractivity contribution in [2.75, 3.05) is 32.1 Å². The van der Waals surface area contributed by atoms with Crippen molar-refractivity contribution in [2.45, 2.75) is 26.5 Å². The van der Waals surface area contributed by atoms with Gasteiger partial charge in [-0.1, -0.05) is 24.3 Å². The fourth-order valence-electron chi connectivity index (χ4n) is 2.83. The van der Waals surface area contributed by atoms with Crippen LogP contribution in [0.25, 0.3) is 10.8 Å². The number of fused-ring (bicyclic) bond motifs is 1. The zero-order valence-electron chi connectivity index (χ0n) is 13.4. The number of anilines is 1. The van der Waals surface area contributed by atoms with Gasteiger partial charge >= 0.3 is 0 Å². The van der Waals surface area contributed by atoms with E-state index in [1.807, 2.05) is 18.2 Å². The molecule has 1 aromatic heterocycles. The molecular formula is C17H25N3O. The van der Waals surface area contributed by atoms with Crippen molar-refractivity contribution in [3.05, 3.63) is 36.0 Å². The van der Waals surface area contributed by atoms with Crippen LogP contribution in [0.3, 0.4) is 0 Å². The molecule has 1 unspecified atom stereocenters. The van der Waals surface area contributed by atoms with Crippen LogP contribution in [0.2, 0.25) is 0 Å². The smallest absolute Gasteiger partial charge is 0.137 e. The Bertz CT molecular complexity index is 598. The topological polar surface area (TPSA) is 39.6 Å². The van der Waals surface area contributed by atoms with E-state index in [1.165, 1.54) is 0 Å². The lowest BCUT2D eigenvalue weighted by molar-refractivity contribution is 0.277. The van der Waals surface area contributed by atoms with Crippen molar-refractivity contribution in [2.24, 2.45) is 0 Å². The molecule has 0 spiro atoms. The van der Waals surface area contributed by atoms with Gasteiger partial charge in [0, 0.05) is 24.5 Å².